The molecule has 0 amide bonds. The summed E-state index contributed by atoms with van der Waals surface area (Å²) >= 11 is 0. The Hall–Kier alpha value is -2.43. The van der Waals surface area contributed by atoms with Crippen LogP contribution in [0.1, 0.15) is 106 Å². The van der Waals surface area contributed by atoms with Crippen molar-refractivity contribution in [1.82, 2.24) is 0 Å². The zero-order valence-electron chi connectivity index (χ0n) is 21.9. The van der Waals surface area contributed by atoms with Crippen molar-refractivity contribution in [2.75, 3.05) is 0 Å². The van der Waals surface area contributed by atoms with Crippen molar-refractivity contribution in [3.63, 3.8) is 0 Å². The predicted molar refractivity (Wildman–Crippen MR) is 150 cm³/mol. The van der Waals surface area contributed by atoms with E-state index in [1.165, 1.54) is 36.0 Å². The molecule has 1 N–H and O–H groups in total. The van der Waals surface area contributed by atoms with Gasteiger partial charge >= 0.3 is 0 Å². The van der Waals surface area contributed by atoms with Gasteiger partial charge in [-0.05, 0) is 85.1 Å². The summed E-state index contributed by atoms with van der Waals surface area (Å²) in [6, 6.07) is 28.5. The van der Waals surface area contributed by atoms with Gasteiger partial charge in [0.25, 0.3) is 10.1 Å². The maximum absolute atomic E-state index is 11.5. The van der Waals surface area contributed by atoms with E-state index in [4.69, 9.17) is 0 Å². The van der Waals surface area contributed by atoms with Gasteiger partial charge in [0.05, 0.1) is 4.90 Å². The Morgan fingerprint density at radius 2 is 1.00 bits per heavy atom. The molecule has 0 aromatic heterocycles. The normalized spacial score (nSPS) is 14.3. The highest BCUT2D eigenvalue weighted by Gasteiger charge is 2.18. The first kappa shape index (κ1) is 28.1. The second kappa shape index (κ2) is 14.3. The first-order chi connectivity index (χ1) is 17.4. The lowest BCUT2D eigenvalue weighted by Gasteiger charge is -2.22. The van der Waals surface area contributed by atoms with Gasteiger partial charge in [-0.2, -0.15) is 8.42 Å². The zero-order valence-corrected chi connectivity index (χ0v) is 22.7. The van der Waals surface area contributed by atoms with Crippen LogP contribution in [0.15, 0.2) is 89.8 Å². The molecular formula is C32H42O3S. The average Bonchev–Trinajstić information content (AvgIpc) is 2.90. The second-order valence-electron chi connectivity index (χ2n) is 10.0. The molecule has 3 aromatic carbocycles. The first-order valence-electron chi connectivity index (χ1n) is 13.6. The van der Waals surface area contributed by atoms with E-state index in [1.807, 2.05) is 12.1 Å². The van der Waals surface area contributed by atoms with Crippen LogP contribution in [0.4, 0.5) is 0 Å². The van der Waals surface area contributed by atoms with Crippen LogP contribution in [-0.4, -0.2) is 13.0 Å². The van der Waals surface area contributed by atoms with E-state index in [-0.39, 0.29) is 4.90 Å². The molecular weight excluding hydrogens is 464 g/mol. The summed E-state index contributed by atoms with van der Waals surface area (Å²) in [6.45, 7) is 4.52. The monoisotopic (exact) mass is 506 g/mol. The Morgan fingerprint density at radius 1 is 0.583 bits per heavy atom. The molecule has 3 atom stereocenters. The molecule has 0 aliphatic rings. The third-order valence-corrected chi connectivity index (χ3v) is 8.40. The third kappa shape index (κ3) is 8.60. The topological polar surface area (TPSA) is 54.4 Å². The number of rotatable bonds is 15. The Kier molecular flexibility index (Phi) is 11.2. The second-order valence-corrected chi connectivity index (χ2v) is 11.4. The summed E-state index contributed by atoms with van der Waals surface area (Å²) in [6.07, 6.45) is 10.3. The minimum atomic E-state index is -4.17. The number of hydrogen-bond acceptors (Lipinski definition) is 2. The highest BCUT2D eigenvalue weighted by atomic mass is 32.2. The van der Waals surface area contributed by atoms with Crippen LogP contribution >= 0.6 is 0 Å². The standard InChI is InChI=1S/C32H42O3S/c1-3-13-27(29-16-9-6-10-17-29)19-12-21-30(31-22-24-32(25-23-31)36(33,34)35)20-11-18-26(4-2)28-14-7-5-8-15-28/h5-10,14-17,22-27,30H,3-4,11-13,18-21H2,1-2H3,(H,33,34,35). The molecule has 0 spiro atoms. The van der Waals surface area contributed by atoms with Crippen LogP contribution in [0.25, 0.3) is 0 Å². The fraction of sp³-hybridized carbons (Fsp3) is 0.438. The van der Waals surface area contributed by atoms with E-state index in [0.29, 0.717) is 17.8 Å². The van der Waals surface area contributed by atoms with Crippen molar-refractivity contribution in [3.05, 3.63) is 102 Å². The maximum Gasteiger partial charge on any atom is 0.294 e. The Bertz CT molecular complexity index is 1110. The van der Waals surface area contributed by atoms with E-state index in [9.17, 15) is 13.0 Å². The van der Waals surface area contributed by atoms with E-state index >= 15 is 0 Å². The van der Waals surface area contributed by atoms with Crippen LogP contribution in [-0.2, 0) is 10.1 Å². The van der Waals surface area contributed by atoms with E-state index in [0.717, 1.165) is 38.5 Å². The van der Waals surface area contributed by atoms with Gasteiger partial charge in [-0.1, -0.05) is 106 Å². The Balaban J connectivity index is 1.67. The van der Waals surface area contributed by atoms with Gasteiger partial charge < -0.3 is 0 Å². The molecule has 0 radical (unpaired) electrons. The molecule has 0 bridgehead atoms. The fourth-order valence-corrected chi connectivity index (χ4v) is 5.97. The van der Waals surface area contributed by atoms with Crippen LogP contribution in [0.2, 0.25) is 0 Å². The fourth-order valence-electron chi connectivity index (χ4n) is 5.49. The van der Waals surface area contributed by atoms with Crippen molar-refractivity contribution in [2.24, 2.45) is 0 Å². The van der Waals surface area contributed by atoms with Crippen molar-refractivity contribution in [1.29, 1.82) is 0 Å². The minimum Gasteiger partial charge on any atom is -0.282 e. The molecule has 194 valence electrons. The molecule has 4 heteroatoms. The molecule has 0 aliphatic carbocycles. The van der Waals surface area contributed by atoms with Gasteiger partial charge in [-0.3, -0.25) is 4.55 Å². The van der Waals surface area contributed by atoms with Gasteiger partial charge in [0.2, 0.25) is 0 Å². The first-order valence-corrected chi connectivity index (χ1v) is 15.0. The molecule has 0 saturated carbocycles. The SMILES string of the molecule is CCCC(CCCC(CCCC(CC)c1ccccc1)c1ccc(S(=O)(=O)O)cc1)c1ccccc1. The minimum absolute atomic E-state index is 0.0350. The lowest BCUT2D eigenvalue weighted by atomic mass is 9.83. The molecule has 3 aromatic rings. The van der Waals surface area contributed by atoms with Crippen molar-refractivity contribution in [3.8, 4) is 0 Å². The predicted octanol–water partition coefficient (Wildman–Crippen LogP) is 9.14. The van der Waals surface area contributed by atoms with E-state index < -0.39 is 10.1 Å². The number of hydrogen-bond donors (Lipinski definition) is 1. The van der Waals surface area contributed by atoms with Crippen molar-refractivity contribution < 1.29 is 13.0 Å². The van der Waals surface area contributed by atoms with Gasteiger partial charge in [-0.15, -0.1) is 0 Å². The van der Waals surface area contributed by atoms with Crippen LogP contribution in [0.3, 0.4) is 0 Å². The average molecular weight is 507 g/mol. The molecule has 3 nitrogen and oxygen atoms in total. The quantitative estimate of drug-likeness (QED) is 0.209. The van der Waals surface area contributed by atoms with Gasteiger partial charge in [0, 0.05) is 0 Å². The molecule has 3 unspecified atom stereocenters. The Labute approximate surface area is 218 Å². The van der Waals surface area contributed by atoms with E-state index in [2.05, 4.69) is 74.5 Å². The number of benzene rings is 3. The summed E-state index contributed by atoms with van der Waals surface area (Å²) in [5.74, 6) is 1.54. The Morgan fingerprint density at radius 3 is 1.44 bits per heavy atom. The summed E-state index contributed by atoms with van der Waals surface area (Å²) in [5.41, 5.74) is 4.02. The lowest BCUT2D eigenvalue weighted by molar-refractivity contribution is 0.460. The van der Waals surface area contributed by atoms with Gasteiger partial charge in [-0.25, -0.2) is 0 Å². The van der Waals surface area contributed by atoms with Crippen LogP contribution in [0, 0.1) is 0 Å². The summed E-state index contributed by atoms with van der Waals surface area (Å²) in [7, 11) is -4.17. The van der Waals surface area contributed by atoms with E-state index in [1.54, 1.807) is 12.1 Å². The smallest absolute Gasteiger partial charge is 0.282 e. The summed E-state index contributed by atoms with van der Waals surface area (Å²) in [5, 5.41) is 0. The molecule has 36 heavy (non-hydrogen) atoms. The summed E-state index contributed by atoms with van der Waals surface area (Å²) in [4.78, 5) is -0.0350. The molecule has 0 saturated heterocycles. The van der Waals surface area contributed by atoms with Crippen LogP contribution < -0.4 is 0 Å². The maximum atomic E-state index is 11.5. The molecule has 0 heterocycles. The van der Waals surface area contributed by atoms with Crippen molar-refractivity contribution in [2.45, 2.75) is 94.3 Å². The highest BCUT2D eigenvalue weighted by Crippen LogP contribution is 2.34. The van der Waals surface area contributed by atoms with Gasteiger partial charge in [0.15, 0.2) is 0 Å². The third-order valence-electron chi connectivity index (χ3n) is 7.53. The van der Waals surface area contributed by atoms with Crippen LogP contribution in [0.5, 0.6) is 0 Å². The molecule has 0 fully saturated rings. The lowest BCUT2D eigenvalue weighted by Crippen LogP contribution is -2.05. The summed E-state index contributed by atoms with van der Waals surface area (Å²) < 4.78 is 32.4. The highest BCUT2D eigenvalue weighted by molar-refractivity contribution is 7.85. The molecule has 3 rings (SSSR count). The van der Waals surface area contributed by atoms with Crippen molar-refractivity contribution >= 4 is 10.1 Å². The molecule has 0 aliphatic heterocycles. The zero-order chi connectivity index (χ0) is 25.8. The largest absolute Gasteiger partial charge is 0.294 e. The van der Waals surface area contributed by atoms with Gasteiger partial charge in [0.1, 0.15) is 0 Å².